The molecule has 5 heteroatoms. The normalized spacial score (nSPS) is 38.2. The smallest absolute Gasteiger partial charge is 0.151 e. The van der Waals surface area contributed by atoms with Crippen molar-refractivity contribution < 1.29 is 8.42 Å². The van der Waals surface area contributed by atoms with Gasteiger partial charge < -0.3 is 10.6 Å². The Bertz CT molecular complexity index is 270. The quantitative estimate of drug-likeness (QED) is 0.613. The highest BCUT2D eigenvalue weighted by Crippen LogP contribution is 2.13. The van der Waals surface area contributed by atoms with Gasteiger partial charge in [-0.3, -0.25) is 0 Å². The Labute approximate surface area is 79.0 Å². The summed E-state index contributed by atoms with van der Waals surface area (Å²) in [7, 11) is -2.72. The van der Waals surface area contributed by atoms with Crippen LogP contribution in [-0.2, 0) is 9.84 Å². The van der Waals surface area contributed by atoms with Crippen LogP contribution in [0.1, 0.15) is 12.8 Å². The Morgan fingerprint density at radius 1 is 1.23 bits per heavy atom. The summed E-state index contributed by atoms with van der Waals surface area (Å²) in [6.07, 6.45) is 1.91. The van der Waals surface area contributed by atoms with Gasteiger partial charge in [0, 0.05) is 18.6 Å². The molecule has 0 saturated carbocycles. The number of hydrogen-bond acceptors (Lipinski definition) is 4. The zero-order valence-electron chi connectivity index (χ0n) is 7.62. The van der Waals surface area contributed by atoms with Crippen molar-refractivity contribution in [1.29, 1.82) is 0 Å². The van der Waals surface area contributed by atoms with Crippen molar-refractivity contribution in [3.63, 3.8) is 0 Å². The first-order valence-corrected chi connectivity index (χ1v) is 6.65. The zero-order valence-corrected chi connectivity index (χ0v) is 8.44. The van der Waals surface area contributed by atoms with Crippen LogP contribution >= 0.6 is 0 Å². The summed E-state index contributed by atoms with van der Waals surface area (Å²) in [4.78, 5) is 0. The van der Waals surface area contributed by atoms with Crippen LogP contribution in [0.4, 0.5) is 0 Å². The summed E-state index contributed by atoms with van der Waals surface area (Å²) in [5.74, 6) is 0.703. The molecule has 2 fully saturated rings. The third kappa shape index (κ3) is 2.42. The molecular weight excluding hydrogens is 188 g/mol. The number of nitrogens with one attached hydrogen (secondary N) is 2. The van der Waals surface area contributed by atoms with Crippen molar-refractivity contribution in [3.05, 3.63) is 0 Å². The van der Waals surface area contributed by atoms with E-state index in [1.165, 1.54) is 0 Å². The fourth-order valence-corrected chi connectivity index (χ4v) is 3.74. The minimum Gasteiger partial charge on any atom is -0.315 e. The fraction of sp³-hybridized carbons (Fsp3) is 1.00. The molecule has 76 valence electrons. The number of rotatable bonds is 2. The SMILES string of the molecule is O=S1(=O)CCC(NC2CCNC2)C1. The molecule has 2 aliphatic heterocycles. The van der Waals surface area contributed by atoms with Crippen LogP contribution in [0.3, 0.4) is 0 Å². The van der Waals surface area contributed by atoms with Crippen LogP contribution in [-0.4, -0.2) is 45.1 Å². The maximum atomic E-state index is 11.2. The second kappa shape index (κ2) is 3.55. The van der Waals surface area contributed by atoms with E-state index in [-0.39, 0.29) is 6.04 Å². The Morgan fingerprint density at radius 3 is 2.62 bits per heavy atom. The Kier molecular flexibility index (Phi) is 2.58. The predicted octanol–water partition coefficient (Wildman–Crippen LogP) is -0.875. The minimum atomic E-state index is -2.72. The molecule has 2 atom stereocenters. The van der Waals surface area contributed by atoms with Crippen LogP contribution < -0.4 is 10.6 Å². The van der Waals surface area contributed by atoms with Crippen molar-refractivity contribution in [3.8, 4) is 0 Å². The molecule has 13 heavy (non-hydrogen) atoms. The van der Waals surface area contributed by atoms with Crippen molar-refractivity contribution in [2.24, 2.45) is 0 Å². The van der Waals surface area contributed by atoms with E-state index in [0.717, 1.165) is 25.9 Å². The largest absolute Gasteiger partial charge is 0.315 e. The van der Waals surface area contributed by atoms with Gasteiger partial charge in [0.25, 0.3) is 0 Å². The second-order valence-electron chi connectivity index (χ2n) is 3.96. The first-order valence-electron chi connectivity index (χ1n) is 4.83. The van der Waals surface area contributed by atoms with E-state index in [4.69, 9.17) is 0 Å². The van der Waals surface area contributed by atoms with Crippen LogP contribution in [0.25, 0.3) is 0 Å². The van der Waals surface area contributed by atoms with Gasteiger partial charge in [-0.25, -0.2) is 8.42 Å². The molecule has 0 aromatic rings. The second-order valence-corrected chi connectivity index (χ2v) is 6.19. The molecule has 4 nitrogen and oxygen atoms in total. The van der Waals surface area contributed by atoms with E-state index in [9.17, 15) is 8.42 Å². The summed E-state index contributed by atoms with van der Waals surface area (Å²) in [6, 6.07) is 0.688. The van der Waals surface area contributed by atoms with Gasteiger partial charge in [0.15, 0.2) is 9.84 Å². The zero-order chi connectivity index (χ0) is 9.31. The van der Waals surface area contributed by atoms with Crippen LogP contribution in [0, 0.1) is 0 Å². The van der Waals surface area contributed by atoms with E-state index in [2.05, 4.69) is 10.6 Å². The Morgan fingerprint density at radius 2 is 2.08 bits per heavy atom. The lowest BCUT2D eigenvalue weighted by atomic mass is 10.2. The van der Waals surface area contributed by atoms with Crippen molar-refractivity contribution in [1.82, 2.24) is 10.6 Å². The lowest BCUT2D eigenvalue weighted by Crippen LogP contribution is -2.40. The minimum absolute atomic E-state index is 0.204. The van der Waals surface area contributed by atoms with Crippen molar-refractivity contribution >= 4 is 9.84 Å². The summed E-state index contributed by atoms with van der Waals surface area (Å²) in [5, 5.41) is 6.65. The van der Waals surface area contributed by atoms with Crippen LogP contribution in [0.15, 0.2) is 0 Å². The van der Waals surface area contributed by atoms with Gasteiger partial charge >= 0.3 is 0 Å². The highest BCUT2D eigenvalue weighted by atomic mass is 32.2. The van der Waals surface area contributed by atoms with Gasteiger partial charge in [0.2, 0.25) is 0 Å². The predicted molar refractivity (Wildman–Crippen MR) is 51.5 cm³/mol. The molecule has 2 N–H and O–H groups in total. The summed E-state index contributed by atoms with van der Waals surface area (Å²) in [5.41, 5.74) is 0. The topological polar surface area (TPSA) is 58.2 Å². The maximum Gasteiger partial charge on any atom is 0.151 e. The molecule has 2 unspecified atom stereocenters. The lowest BCUT2D eigenvalue weighted by Gasteiger charge is -2.16. The van der Waals surface area contributed by atoms with Crippen LogP contribution in [0.2, 0.25) is 0 Å². The molecule has 2 heterocycles. The summed E-state index contributed by atoms with van der Waals surface area (Å²) >= 11 is 0. The van der Waals surface area contributed by atoms with Gasteiger partial charge in [0.1, 0.15) is 0 Å². The first kappa shape index (κ1) is 9.43. The van der Waals surface area contributed by atoms with Gasteiger partial charge in [-0.2, -0.15) is 0 Å². The van der Waals surface area contributed by atoms with Gasteiger partial charge in [-0.1, -0.05) is 0 Å². The average Bonchev–Trinajstić information content (AvgIpc) is 2.61. The number of sulfone groups is 1. The molecule has 0 aromatic carbocycles. The molecule has 0 radical (unpaired) electrons. The highest BCUT2D eigenvalue weighted by molar-refractivity contribution is 7.91. The Hall–Kier alpha value is -0.130. The third-order valence-electron chi connectivity index (χ3n) is 2.76. The fourth-order valence-electron chi connectivity index (χ4n) is 2.06. The molecular formula is C8H16N2O2S. The molecule has 2 saturated heterocycles. The summed E-state index contributed by atoms with van der Waals surface area (Å²) < 4.78 is 22.3. The standard InChI is InChI=1S/C8H16N2O2S/c11-13(12)4-2-8(6-13)10-7-1-3-9-5-7/h7-10H,1-6H2. The average molecular weight is 204 g/mol. The molecule has 0 amide bonds. The van der Waals surface area contributed by atoms with Gasteiger partial charge in [0.05, 0.1) is 11.5 Å². The lowest BCUT2D eigenvalue weighted by molar-refractivity contribution is 0.470. The van der Waals surface area contributed by atoms with E-state index < -0.39 is 9.84 Å². The van der Waals surface area contributed by atoms with E-state index in [1.54, 1.807) is 0 Å². The van der Waals surface area contributed by atoms with E-state index in [1.807, 2.05) is 0 Å². The summed E-state index contributed by atoms with van der Waals surface area (Å²) in [6.45, 7) is 2.04. The van der Waals surface area contributed by atoms with E-state index >= 15 is 0 Å². The molecule has 0 aliphatic carbocycles. The van der Waals surface area contributed by atoms with Crippen molar-refractivity contribution in [2.45, 2.75) is 24.9 Å². The molecule has 2 aliphatic rings. The van der Waals surface area contributed by atoms with Crippen LogP contribution in [0.5, 0.6) is 0 Å². The third-order valence-corrected chi connectivity index (χ3v) is 4.53. The monoisotopic (exact) mass is 204 g/mol. The molecule has 2 rings (SSSR count). The van der Waals surface area contributed by atoms with Crippen molar-refractivity contribution in [2.75, 3.05) is 24.6 Å². The van der Waals surface area contributed by atoms with Gasteiger partial charge in [-0.15, -0.1) is 0 Å². The highest BCUT2D eigenvalue weighted by Gasteiger charge is 2.29. The molecule has 0 bridgehead atoms. The Balaban J connectivity index is 1.83. The maximum absolute atomic E-state index is 11.2. The molecule has 0 spiro atoms. The first-order chi connectivity index (χ1) is 6.16. The van der Waals surface area contributed by atoms with E-state index in [0.29, 0.717) is 17.5 Å². The molecule has 0 aromatic heterocycles. The van der Waals surface area contributed by atoms with Gasteiger partial charge in [-0.05, 0) is 19.4 Å². The number of hydrogen-bond donors (Lipinski definition) is 2.